The molecule has 0 aliphatic heterocycles. The normalized spacial score (nSPS) is 10.6. The van der Waals surface area contributed by atoms with Crippen molar-refractivity contribution in [3.63, 3.8) is 0 Å². The van der Waals surface area contributed by atoms with Crippen molar-refractivity contribution >= 4 is 22.4 Å². The van der Waals surface area contributed by atoms with Crippen molar-refractivity contribution in [1.29, 1.82) is 0 Å². The van der Waals surface area contributed by atoms with E-state index in [1.54, 1.807) is 11.3 Å². The molecule has 17 heavy (non-hydrogen) atoms. The summed E-state index contributed by atoms with van der Waals surface area (Å²) < 4.78 is 4.63. The lowest BCUT2D eigenvalue weighted by molar-refractivity contribution is -0.139. The van der Waals surface area contributed by atoms with Gasteiger partial charge in [-0.3, -0.25) is 4.79 Å². The van der Waals surface area contributed by atoms with E-state index < -0.39 is 0 Å². The second-order valence-electron chi connectivity index (χ2n) is 3.96. The number of nitrogens with zero attached hydrogens (tertiary/aromatic N) is 2. The Morgan fingerprint density at radius 1 is 1.53 bits per heavy atom. The Labute approximate surface area is 107 Å². The van der Waals surface area contributed by atoms with E-state index in [0.717, 1.165) is 23.7 Å². The number of carbonyl (C=O) groups excluding carboxylic acids is 1. The molecule has 1 aromatic heterocycles. The van der Waals surface area contributed by atoms with E-state index >= 15 is 0 Å². The van der Waals surface area contributed by atoms with Gasteiger partial charge in [-0.2, -0.15) is 0 Å². The van der Waals surface area contributed by atoms with Gasteiger partial charge < -0.3 is 9.64 Å². The smallest absolute Gasteiger partial charge is 0.311 e. The summed E-state index contributed by atoms with van der Waals surface area (Å²) in [6.07, 6.45) is 2.45. The van der Waals surface area contributed by atoms with Crippen molar-refractivity contribution in [2.24, 2.45) is 0 Å². The van der Waals surface area contributed by atoms with Crippen LogP contribution in [0.15, 0.2) is 5.38 Å². The summed E-state index contributed by atoms with van der Waals surface area (Å²) in [6.45, 7) is 4.35. The van der Waals surface area contributed by atoms with Crippen molar-refractivity contribution in [3.05, 3.63) is 11.1 Å². The Morgan fingerprint density at radius 3 is 2.71 bits per heavy atom. The minimum atomic E-state index is -0.243. The first-order valence-electron chi connectivity index (χ1n) is 5.86. The Bertz CT molecular complexity index is 361. The molecule has 0 saturated carbocycles. The molecule has 0 bridgehead atoms. The maximum atomic E-state index is 11.1. The summed E-state index contributed by atoms with van der Waals surface area (Å²) in [5, 5.41) is 2.89. The summed E-state index contributed by atoms with van der Waals surface area (Å²) in [7, 11) is 3.45. The number of esters is 1. The van der Waals surface area contributed by atoms with Crippen LogP contribution in [-0.2, 0) is 16.0 Å². The van der Waals surface area contributed by atoms with Gasteiger partial charge in [0, 0.05) is 18.5 Å². The van der Waals surface area contributed by atoms with Crippen molar-refractivity contribution in [3.8, 4) is 0 Å². The molecule has 0 amide bonds. The lowest BCUT2D eigenvalue weighted by Gasteiger charge is -2.25. The van der Waals surface area contributed by atoms with Gasteiger partial charge in [-0.1, -0.05) is 13.8 Å². The van der Waals surface area contributed by atoms with Crippen LogP contribution >= 0.6 is 11.3 Å². The lowest BCUT2D eigenvalue weighted by Crippen LogP contribution is -2.30. The van der Waals surface area contributed by atoms with Crippen LogP contribution in [0.4, 0.5) is 5.13 Å². The van der Waals surface area contributed by atoms with E-state index in [4.69, 9.17) is 0 Å². The molecule has 4 nitrogen and oxygen atoms in total. The number of hydrogen-bond donors (Lipinski definition) is 0. The second kappa shape index (κ2) is 6.59. The summed E-state index contributed by atoms with van der Waals surface area (Å²) >= 11 is 1.58. The zero-order chi connectivity index (χ0) is 12.8. The average molecular weight is 256 g/mol. The molecule has 96 valence electrons. The molecule has 0 unspecified atom stereocenters. The van der Waals surface area contributed by atoms with E-state index in [-0.39, 0.29) is 12.4 Å². The minimum Gasteiger partial charge on any atom is -0.469 e. The first kappa shape index (κ1) is 14.0. The fourth-order valence-electron chi connectivity index (χ4n) is 1.75. The molecule has 1 aromatic rings. The van der Waals surface area contributed by atoms with Gasteiger partial charge in [0.25, 0.3) is 0 Å². The molecule has 1 heterocycles. The molecule has 0 aliphatic rings. The number of hydrogen-bond acceptors (Lipinski definition) is 5. The molecule has 0 N–H and O–H groups in total. The van der Waals surface area contributed by atoms with E-state index in [9.17, 15) is 4.79 Å². The summed E-state index contributed by atoms with van der Waals surface area (Å²) in [4.78, 5) is 17.8. The molecule has 0 fully saturated rings. The predicted molar refractivity (Wildman–Crippen MR) is 70.6 cm³/mol. The van der Waals surface area contributed by atoms with Gasteiger partial charge in [-0.05, 0) is 12.8 Å². The van der Waals surface area contributed by atoms with E-state index in [0.29, 0.717) is 6.04 Å². The molecule has 0 spiro atoms. The average Bonchev–Trinajstić information content (AvgIpc) is 2.78. The van der Waals surface area contributed by atoms with Gasteiger partial charge in [-0.15, -0.1) is 11.3 Å². The van der Waals surface area contributed by atoms with Crippen LogP contribution in [0.1, 0.15) is 32.4 Å². The van der Waals surface area contributed by atoms with Crippen LogP contribution in [0, 0.1) is 0 Å². The number of rotatable bonds is 6. The number of carbonyl (C=O) groups is 1. The third-order valence-electron chi connectivity index (χ3n) is 2.88. The Balaban J connectivity index is 2.70. The predicted octanol–water partition coefficient (Wildman–Crippen LogP) is 2.48. The number of anilines is 1. The monoisotopic (exact) mass is 256 g/mol. The van der Waals surface area contributed by atoms with Gasteiger partial charge >= 0.3 is 5.97 Å². The van der Waals surface area contributed by atoms with Crippen LogP contribution in [0.5, 0.6) is 0 Å². The van der Waals surface area contributed by atoms with Crippen LogP contribution in [0.2, 0.25) is 0 Å². The van der Waals surface area contributed by atoms with Crippen molar-refractivity contribution < 1.29 is 9.53 Å². The van der Waals surface area contributed by atoms with Crippen LogP contribution in [0.25, 0.3) is 0 Å². The van der Waals surface area contributed by atoms with E-state index in [2.05, 4.69) is 35.5 Å². The highest BCUT2D eigenvalue weighted by Gasteiger charge is 2.15. The number of ether oxygens (including phenoxy) is 1. The van der Waals surface area contributed by atoms with Gasteiger partial charge in [-0.25, -0.2) is 4.98 Å². The van der Waals surface area contributed by atoms with Gasteiger partial charge in [0.15, 0.2) is 5.13 Å². The topological polar surface area (TPSA) is 42.4 Å². The van der Waals surface area contributed by atoms with Gasteiger partial charge in [0.2, 0.25) is 0 Å². The highest BCUT2D eigenvalue weighted by atomic mass is 32.1. The Hall–Kier alpha value is -1.10. The third kappa shape index (κ3) is 3.70. The fourth-order valence-corrected chi connectivity index (χ4v) is 2.61. The van der Waals surface area contributed by atoms with Gasteiger partial charge in [0.1, 0.15) is 0 Å². The zero-order valence-electron chi connectivity index (χ0n) is 10.9. The Morgan fingerprint density at radius 2 is 2.18 bits per heavy atom. The molecule has 1 rings (SSSR count). The third-order valence-corrected chi connectivity index (χ3v) is 3.86. The van der Waals surface area contributed by atoms with Crippen LogP contribution in [-0.4, -0.2) is 31.2 Å². The molecule has 0 atom stereocenters. The zero-order valence-corrected chi connectivity index (χ0v) is 11.7. The van der Waals surface area contributed by atoms with Crippen molar-refractivity contribution in [2.45, 2.75) is 39.2 Å². The highest BCUT2D eigenvalue weighted by molar-refractivity contribution is 7.13. The molecule has 0 radical (unpaired) electrons. The highest BCUT2D eigenvalue weighted by Crippen LogP contribution is 2.23. The maximum absolute atomic E-state index is 11.1. The quantitative estimate of drug-likeness (QED) is 0.733. The molecule has 0 saturated heterocycles. The molecule has 5 heteroatoms. The molecule has 0 aromatic carbocycles. The standard InChI is InChI=1S/C12H20N2O2S/c1-5-10(6-2)14(3)12-13-9(8-17-12)7-11(15)16-4/h8,10H,5-7H2,1-4H3. The van der Waals surface area contributed by atoms with Crippen molar-refractivity contribution in [2.75, 3.05) is 19.1 Å². The van der Waals surface area contributed by atoms with E-state index in [1.165, 1.54) is 7.11 Å². The summed E-state index contributed by atoms with van der Waals surface area (Å²) in [5.74, 6) is -0.243. The number of methoxy groups -OCH3 is 1. The first-order valence-corrected chi connectivity index (χ1v) is 6.74. The largest absolute Gasteiger partial charge is 0.469 e. The SMILES string of the molecule is CCC(CC)N(C)c1nc(CC(=O)OC)cs1. The maximum Gasteiger partial charge on any atom is 0.311 e. The Kier molecular flexibility index (Phi) is 5.41. The van der Waals surface area contributed by atoms with Crippen LogP contribution < -0.4 is 4.90 Å². The van der Waals surface area contributed by atoms with E-state index in [1.807, 2.05) is 5.38 Å². The minimum absolute atomic E-state index is 0.243. The van der Waals surface area contributed by atoms with Gasteiger partial charge in [0.05, 0.1) is 19.2 Å². The second-order valence-corrected chi connectivity index (χ2v) is 4.79. The van der Waals surface area contributed by atoms with Crippen LogP contribution in [0.3, 0.4) is 0 Å². The molecular formula is C12H20N2O2S. The number of thiazole rings is 1. The lowest BCUT2D eigenvalue weighted by atomic mass is 10.1. The summed E-state index contributed by atoms with van der Waals surface area (Å²) in [6, 6.07) is 0.507. The molecule has 0 aliphatic carbocycles. The number of aromatic nitrogens is 1. The first-order chi connectivity index (χ1) is 8.12. The van der Waals surface area contributed by atoms with Crippen molar-refractivity contribution in [1.82, 2.24) is 4.98 Å². The fraction of sp³-hybridized carbons (Fsp3) is 0.667. The summed E-state index contributed by atoms with van der Waals surface area (Å²) in [5.41, 5.74) is 0.787. The molecular weight excluding hydrogens is 236 g/mol.